The number of benzene rings is 1. The molecule has 0 amide bonds. The van der Waals surface area contributed by atoms with Crippen LogP contribution >= 0.6 is 0 Å². The maximum Gasteiger partial charge on any atom is 0.134 e. The standard InChI is InChI=1S/C14H17N3/c1-3-11-4-6-13(7-5-11)17(2)14-10-12(15)8-9-16-14/h4-10H,3H2,1-2H3,(H2,15,16). The average molecular weight is 227 g/mol. The van der Waals surface area contributed by atoms with Crippen LogP contribution in [0.4, 0.5) is 17.2 Å². The zero-order valence-electron chi connectivity index (χ0n) is 10.2. The number of nitrogens with zero attached hydrogens (tertiary/aromatic N) is 2. The summed E-state index contributed by atoms with van der Waals surface area (Å²) in [4.78, 5) is 6.33. The van der Waals surface area contributed by atoms with E-state index in [0.717, 1.165) is 23.6 Å². The summed E-state index contributed by atoms with van der Waals surface area (Å²) in [5.41, 5.74) is 8.93. The second-order valence-corrected chi connectivity index (χ2v) is 4.03. The summed E-state index contributed by atoms with van der Waals surface area (Å²) in [7, 11) is 1.99. The molecule has 2 N–H and O–H groups in total. The molecule has 0 unspecified atom stereocenters. The van der Waals surface area contributed by atoms with E-state index in [1.807, 2.05) is 18.0 Å². The Hall–Kier alpha value is -2.03. The van der Waals surface area contributed by atoms with Crippen molar-refractivity contribution in [3.63, 3.8) is 0 Å². The van der Waals surface area contributed by atoms with Crippen LogP contribution in [0.3, 0.4) is 0 Å². The summed E-state index contributed by atoms with van der Waals surface area (Å²) in [5.74, 6) is 0.856. The third kappa shape index (κ3) is 2.56. The summed E-state index contributed by atoms with van der Waals surface area (Å²) in [6, 6.07) is 12.1. The molecule has 0 aliphatic heterocycles. The first kappa shape index (κ1) is 11.5. The third-order valence-corrected chi connectivity index (χ3v) is 2.85. The predicted molar refractivity (Wildman–Crippen MR) is 72.5 cm³/mol. The summed E-state index contributed by atoms with van der Waals surface area (Å²) in [5, 5.41) is 0. The number of pyridine rings is 1. The number of aromatic nitrogens is 1. The van der Waals surface area contributed by atoms with Gasteiger partial charge in [-0.25, -0.2) is 4.98 Å². The van der Waals surface area contributed by atoms with Crippen molar-refractivity contribution in [2.45, 2.75) is 13.3 Å². The van der Waals surface area contributed by atoms with Crippen LogP contribution in [0.2, 0.25) is 0 Å². The van der Waals surface area contributed by atoms with Gasteiger partial charge in [0, 0.05) is 30.7 Å². The number of nitrogens with two attached hydrogens (primary N) is 1. The third-order valence-electron chi connectivity index (χ3n) is 2.85. The topological polar surface area (TPSA) is 42.1 Å². The van der Waals surface area contributed by atoms with Gasteiger partial charge in [0.2, 0.25) is 0 Å². The van der Waals surface area contributed by atoms with Gasteiger partial charge >= 0.3 is 0 Å². The van der Waals surface area contributed by atoms with E-state index >= 15 is 0 Å². The van der Waals surface area contributed by atoms with Gasteiger partial charge in [0.25, 0.3) is 0 Å². The molecule has 0 bridgehead atoms. The van der Waals surface area contributed by atoms with Gasteiger partial charge in [-0.05, 0) is 30.2 Å². The molecule has 3 nitrogen and oxygen atoms in total. The molecule has 2 aromatic rings. The molecule has 2 rings (SSSR count). The van der Waals surface area contributed by atoms with Crippen LogP contribution in [0.25, 0.3) is 0 Å². The highest BCUT2D eigenvalue weighted by atomic mass is 15.2. The molecule has 17 heavy (non-hydrogen) atoms. The SMILES string of the molecule is CCc1ccc(N(C)c2cc(N)ccn2)cc1. The molecule has 3 heteroatoms. The largest absolute Gasteiger partial charge is 0.399 e. The highest BCUT2D eigenvalue weighted by molar-refractivity contribution is 5.62. The quantitative estimate of drug-likeness (QED) is 0.876. The Bertz CT molecular complexity index is 491. The van der Waals surface area contributed by atoms with Crippen LogP contribution in [0.5, 0.6) is 0 Å². The molecular formula is C14H17N3. The van der Waals surface area contributed by atoms with Gasteiger partial charge < -0.3 is 10.6 Å². The maximum atomic E-state index is 5.75. The van der Waals surface area contributed by atoms with Crippen LogP contribution in [0, 0.1) is 0 Å². The van der Waals surface area contributed by atoms with Crippen molar-refractivity contribution in [3.05, 3.63) is 48.2 Å². The van der Waals surface area contributed by atoms with E-state index in [1.165, 1.54) is 5.56 Å². The molecule has 0 aliphatic rings. The minimum atomic E-state index is 0.729. The molecule has 1 aromatic carbocycles. The highest BCUT2D eigenvalue weighted by Crippen LogP contribution is 2.23. The van der Waals surface area contributed by atoms with Crippen LogP contribution in [-0.4, -0.2) is 12.0 Å². The zero-order chi connectivity index (χ0) is 12.3. The first-order valence-electron chi connectivity index (χ1n) is 5.75. The summed E-state index contributed by atoms with van der Waals surface area (Å²) >= 11 is 0. The highest BCUT2D eigenvalue weighted by Gasteiger charge is 2.05. The predicted octanol–water partition coefficient (Wildman–Crippen LogP) is 2.99. The summed E-state index contributed by atoms with van der Waals surface area (Å²) < 4.78 is 0. The molecule has 0 fully saturated rings. The van der Waals surface area contributed by atoms with Crippen molar-refractivity contribution in [3.8, 4) is 0 Å². The Morgan fingerprint density at radius 2 is 1.88 bits per heavy atom. The number of anilines is 3. The Morgan fingerprint density at radius 1 is 1.18 bits per heavy atom. The molecule has 0 saturated heterocycles. The lowest BCUT2D eigenvalue weighted by Gasteiger charge is -2.18. The first-order chi connectivity index (χ1) is 8.20. The Labute approximate surface area is 102 Å². The molecule has 0 aliphatic carbocycles. The molecular weight excluding hydrogens is 210 g/mol. The van der Waals surface area contributed by atoms with E-state index in [9.17, 15) is 0 Å². The number of rotatable bonds is 3. The van der Waals surface area contributed by atoms with E-state index in [1.54, 1.807) is 12.3 Å². The minimum absolute atomic E-state index is 0.729. The number of hydrogen-bond acceptors (Lipinski definition) is 3. The average Bonchev–Trinajstić information content (AvgIpc) is 2.38. The second kappa shape index (κ2) is 4.87. The minimum Gasteiger partial charge on any atom is -0.399 e. The van der Waals surface area contributed by atoms with Crippen molar-refractivity contribution in [2.24, 2.45) is 0 Å². The fourth-order valence-electron chi connectivity index (χ4n) is 1.71. The van der Waals surface area contributed by atoms with E-state index in [2.05, 4.69) is 36.2 Å². The fraction of sp³-hybridized carbons (Fsp3) is 0.214. The fourth-order valence-corrected chi connectivity index (χ4v) is 1.71. The van der Waals surface area contributed by atoms with Gasteiger partial charge in [0.1, 0.15) is 5.82 Å². The smallest absolute Gasteiger partial charge is 0.134 e. The second-order valence-electron chi connectivity index (χ2n) is 4.03. The molecule has 0 radical (unpaired) electrons. The first-order valence-corrected chi connectivity index (χ1v) is 5.75. The van der Waals surface area contributed by atoms with Gasteiger partial charge in [-0.2, -0.15) is 0 Å². The number of hydrogen-bond donors (Lipinski definition) is 1. The van der Waals surface area contributed by atoms with Gasteiger partial charge in [-0.15, -0.1) is 0 Å². The van der Waals surface area contributed by atoms with Gasteiger partial charge in [0.05, 0.1) is 0 Å². The number of nitrogen functional groups attached to an aromatic ring is 1. The van der Waals surface area contributed by atoms with Crippen molar-refractivity contribution < 1.29 is 0 Å². The lowest BCUT2D eigenvalue weighted by molar-refractivity contribution is 1.11. The van der Waals surface area contributed by atoms with Crippen molar-refractivity contribution >= 4 is 17.2 Å². The van der Waals surface area contributed by atoms with E-state index in [0.29, 0.717) is 0 Å². The Morgan fingerprint density at radius 3 is 2.47 bits per heavy atom. The lowest BCUT2D eigenvalue weighted by Crippen LogP contribution is -2.11. The van der Waals surface area contributed by atoms with Gasteiger partial charge in [-0.1, -0.05) is 19.1 Å². The van der Waals surface area contributed by atoms with Crippen LogP contribution in [-0.2, 0) is 6.42 Å². The molecule has 0 spiro atoms. The Balaban J connectivity index is 2.27. The zero-order valence-corrected chi connectivity index (χ0v) is 10.2. The van der Waals surface area contributed by atoms with Crippen molar-refractivity contribution in [1.82, 2.24) is 4.98 Å². The van der Waals surface area contributed by atoms with Crippen molar-refractivity contribution in [2.75, 3.05) is 17.7 Å². The van der Waals surface area contributed by atoms with Crippen LogP contribution < -0.4 is 10.6 Å². The number of aryl methyl sites for hydroxylation is 1. The molecule has 0 saturated carbocycles. The Kier molecular flexibility index (Phi) is 3.28. The maximum absolute atomic E-state index is 5.75. The van der Waals surface area contributed by atoms with Crippen LogP contribution in [0.15, 0.2) is 42.6 Å². The van der Waals surface area contributed by atoms with Crippen molar-refractivity contribution in [1.29, 1.82) is 0 Å². The van der Waals surface area contributed by atoms with Gasteiger partial charge in [0.15, 0.2) is 0 Å². The monoisotopic (exact) mass is 227 g/mol. The molecule has 0 atom stereocenters. The molecule has 1 heterocycles. The van der Waals surface area contributed by atoms with E-state index < -0.39 is 0 Å². The normalized spacial score (nSPS) is 10.2. The van der Waals surface area contributed by atoms with E-state index in [-0.39, 0.29) is 0 Å². The summed E-state index contributed by atoms with van der Waals surface area (Å²) in [6.45, 7) is 2.15. The molecule has 88 valence electrons. The lowest BCUT2D eigenvalue weighted by atomic mass is 10.1. The molecule has 1 aromatic heterocycles. The van der Waals surface area contributed by atoms with Gasteiger partial charge in [-0.3, -0.25) is 0 Å². The summed E-state index contributed by atoms with van der Waals surface area (Å²) in [6.07, 6.45) is 2.78. The van der Waals surface area contributed by atoms with E-state index in [4.69, 9.17) is 5.73 Å². The van der Waals surface area contributed by atoms with Crippen LogP contribution in [0.1, 0.15) is 12.5 Å².